The molecule has 0 aliphatic heterocycles. The highest BCUT2D eigenvalue weighted by Crippen LogP contribution is 2.47. The lowest BCUT2D eigenvalue weighted by Crippen LogP contribution is -2.15. The maximum atomic E-state index is 14.4. The van der Waals surface area contributed by atoms with E-state index in [9.17, 15) is 22.4 Å². The van der Waals surface area contributed by atoms with E-state index in [-0.39, 0.29) is 17.4 Å². The zero-order valence-electron chi connectivity index (χ0n) is 14.0. The molecule has 0 radical (unpaired) electrons. The van der Waals surface area contributed by atoms with Crippen LogP contribution in [0.4, 0.5) is 17.6 Å². The van der Waals surface area contributed by atoms with Crippen molar-refractivity contribution in [3.05, 3.63) is 38.8 Å². The molecule has 150 valence electrons. The van der Waals surface area contributed by atoms with Crippen LogP contribution in [0.5, 0.6) is 5.75 Å². The molecule has 1 heterocycles. The molecular weight excluding hydrogens is 449 g/mol. The first kappa shape index (κ1) is 22.2. The topological polar surface area (TPSA) is 40.5 Å². The molecule has 0 aliphatic rings. The predicted octanol–water partition coefficient (Wildman–Crippen LogP) is 5.37. The predicted molar refractivity (Wildman–Crippen MR) is 96.1 cm³/mol. The Kier molecular flexibility index (Phi) is 6.75. The van der Waals surface area contributed by atoms with Gasteiger partial charge in [-0.3, -0.25) is 0 Å². The van der Waals surface area contributed by atoms with Crippen molar-refractivity contribution in [3.63, 3.8) is 0 Å². The largest absolute Gasteiger partial charge is 0.480 e. The Morgan fingerprint density at radius 2 is 1.93 bits per heavy atom. The van der Waals surface area contributed by atoms with Crippen LogP contribution < -0.4 is 4.74 Å². The number of esters is 1. The van der Waals surface area contributed by atoms with Crippen LogP contribution >= 0.6 is 34.8 Å². The summed E-state index contributed by atoms with van der Waals surface area (Å²) in [6.07, 6.45) is 0.122. The summed E-state index contributed by atoms with van der Waals surface area (Å²) in [4.78, 5) is 11.4. The summed E-state index contributed by atoms with van der Waals surface area (Å²) in [5.41, 5.74) is -2.03. The van der Waals surface area contributed by atoms with E-state index in [1.54, 1.807) is 0 Å². The zero-order valence-corrected chi connectivity index (χ0v) is 16.2. The van der Waals surface area contributed by atoms with Crippen molar-refractivity contribution >= 4 is 40.8 Å². The van der Waals surface area contributed by atoms with Crippen molar-refractivity contribution in [2.24, 2.45) is 7.05 Å². The number of terminal acetylenes is 1. The van der Waals surface area contributed by atoms with Gasteiger partial charge < -0.3 is 14.0 Å². The van der Waals surface area contributed by atoms with E-state index < -0.39 is 51.6 Å². The second-order valence-electron chi connectivity index (χ2n) is 5.30. The third kappa shape index (κ3) is 4.49. The molecule has 0 N–H and O–H groups in total. The second-order valence-corrected chi connectivity index (χ2v) is 6.44. The van der Waals surface area contributed by atoms with Crippen molar-refractivity contribution in [2.75, 3.05) is 13.2 Å². The lowest BCUT2D eigenvalue weighted by atomic mass is 10.1. The van der Waals surface area contributed by atoms with Gasteiger partial charge in [-0.25, -0.2) is 9.18 Å². The number of benzene rings is 1. The van der Waals surface area contributed by atoms with E-state index >= 15 is 0 Å². The van der Waals surface area contributed by atoms with Crippen LogP contribution in [0.1, 0.15) is 5.69 Å². The Morgan fingerprint density at radius 3 is 2.46 bits per heavy atom. The first-order valence-electron chi connectivity index (χ1n) is 7.31. The first-order valence-corrected chi connectivity index (χ1v) is 8.44. The van der Waals surface area contributed by atoms with Gasteiger partial charge in [-0.1, -0.05) is 40.7 Å². The van der Waals surface area contributed by atoms with E-state index in [0.29, 0.717) is 4.57 Å². The number of carbonyl (C=O) groups is 1. The van der Waals surface area contributed by atoms with Gasteiger partial charge in [0, 0.05) is 18.2 Å². The van der Waals surface area contributed by atoms with E-state index in [4.69, 9.17) is 46.0 Å². The zero-order chi connectivity index (χ0) is 21.2. The van der Waals surface area contributed by atoms with E-state index in [2.05, 4.69) is 10.7 Å². The number of ether oxygens (including phenoxy) is 2. The number of halogens is 7. The quantitative estimate of drug-likeness (QED) is 0.344. The number of hydrogen-bond donors (Lipinski definition) is 0. The minimum atomic E-state index is -4.82. The Morgan fingerprint density at radius 1 is 1.29 bits per heavy atom. The van der Waals surface area contributed by atoms with Crippen LogP contribution in [0.3, 0.4) is 0 Å². The molecule has 28 heavy (non-hydrogen) atoms. The summed E-state index contributed by atoms with van der Waals surface area (Å²) in [7, 11) is 1.03. The Labute approximate surface area is 171 Å². The molecule has 0 saturated carbocycles. The highest BCUT2D eigenvalue weighted by Gasteiger charge is 2.40. The van der Waals surface area contributed by atoms with Crippen LogP contribution in [-0.2, 0) is 22.8 Å². The summed E-state index contributed by atoms with van der Waals surface area (Å²) in [6.45, 7) is -0.892. The highest BCUT2D eigenvalue weighted by atomic mass is 35.5. The molecule has 2 aromatic rings. The third-order valence-electron chi connectivity index (χ3n) is 3.49. The van der Waals surface area contributed by atoms with E-state index in [1.165, 1.54) is 0 Å². The molecule has 0 amide bonds. The minimum absolute atomic E-state index is 0.194. The van der Waals surface area contributed by atoms with Gasteiger partial charge in [0.15, 0.2) is 13.2 Å². The number of carbonyl (C=O) groups excluding carboxylic acids is 1. The molecule has 0 fully saturated rings. The lowest BCUT2D eigenvalue weighted by Gasteiger charge is -2.11. The summed E-state index contributed by atoms with van der Waals surface area (Å²) in [5, 5.41) is -1.47. The van der Waals surface area contributed by atoms with Crippen LogP contribution in [0.15, 0.2) is 12.1 Å². The minimum Gasteiger partial charge on any atom is -0.480 e. The van der Waals surface area contributed by atoms with Gasteiger partial charge in [0.1, 0.15) is 22.4 Å². The third-order valence-corrected chi connectivity index (χ3v) is 4.59. The number of nitrogens with zero attached hydrogens (tertiary/aromatic N) is 1. The van der Waals surface area contributed by atoms with Gasteiger partial charge in [0.25, 0.3) is 0 Å². The monoisotopic (exact) mass is 457 g/mol. The summed E-state index contributed by atoms with van der Waals surface area (Å²) < 4.78 is 64.4. The summed E-state index contributed by atoms with van der Waals surface area (Å²) in [5.74, 6) is 0.0720. The van der Waals surface area contributed by atoms with E-state index in [0.717, 1.165) is 19.2 Å². The maximum absolute atomic E-state index is 14.4. The summed E-state index contributed by atoms with van der Waals surface area (Å²) >= 11 is 17.7. The van der Waals surface area contributed by atoms with Crippen LogP contribution in [0, 0.1) is 18.2 Å². The average molecular weight is 459 g/mol. The lowest BCUT2D eigenvalue weighted by molar-refractivity contribution is -0.144. The highest BCUT2D eigenvalue weighted by molar-refractivity contribution is 6.40. The molecule has 0 atom stereocenters. The number of aromatic nitrogens is 1. The van der Waals surface area contributed by atoms with Crippen molar-refractivity contribution in [2.45, 2.75) is 6.18 Å². The SMILES string of the molecule is C#CCOC(=O)COc1cc(-c2c(Cl)c(C(F)(F)F)n(C)c2Cl)c(F)cc1Cl. The van der Waals surface area contributed by atoms with E-state index in [1.807, 2.05) is 0 Å². The molecule has 4 nitrogen and oxygen atoms in total. The molecule has 0 spiro atoms. The molecule has 0 saturated heterocycles. The molecule has 0 unspecified atom stereocenters. The normalized spacial score (nSPS) is 11.2. The number of hydrogen-bond acceptors (Lipinski definition) is 3. The van der Waals surface area contributed by atoms with Crippen molar-refractivity contribution in [1.82, 2.24) is 4.57 Å². The van der Waals surface area contributed by atoms with Crippen LogP contribution in [-0.4, -0.2) is 23.8 Å². The smallest absolute Gasteiger partial charge is 0.432 e. The molecule has 1 aromatic carbocycles. The molecule has 2 rings (SSSR count). The van der Waals surface area contributed by atoms with Crippen LogP contribution in [0.25, 0.3) is 11.1 Å². The van der Waals surface area contributed by atoms with Gasteiger partial charge >= 0.3 is 12.1 Å². The molecule has 0 bridgehead atoms. The van der Waals surface area contributed by atoms with Gasteiger partial charge in [-0.05, 0) is 12.1 Å². The fourth-order valence-electron chi connectivity index (χ4n) is 2.30. The van der Waals surface area contributed by atoms with Gasteiger partial charge in [0.05, 0.1) is 10.0 Å². The molecule has 0 aliphatic carbocycles. The Bertz CT molecular complexity index is 964. The summed E-state index contributed by atoms with van der Waals surface area (Å²) in [6, 6.07) is 1.78. The molecular formula is C17H10Cl3F4NO3. The maximum Gasteiger partial charge on any atom is 0.432 e. The number of alkyl halides is 3. The van der Waals surface area contributed by atoms with Gasteiger partial charge in [0.2, 0.25) is 0 Å². The van der Waals surface area contributed by atoms with Crippen LogP contribution in [0.2, 0.25) is 15.2 Å². The standard InChI is InChI=1S/C17H10Cl3F4NO3/c1-3-4-27-12(26)7-28-11-5-8(10(21)6-9(11)18)13-14(19)15(17(22,23)24)25(2)16(13)20/h1,5-6H,4,7H2,2H3. The number of rotatable bonds is 5. The Balaban J connectivity index is 2.48. The fourth-order valence-corrected chi connectivity index (χ4v) is 3.26. The Hall–Kier alpha value is -2.08. The van der Waals surface area contributed by atoms with Crippen molar-refractivity contribution in [1.29, 1.82) is 0 Å². The second kappa shape index (κ2) is 8.52. The first-order chi connectivity index (χ1) is 13.0. The van der Waals surface area contributed by atoms with Gasteiger partial charge in [-0.2, -0.15) is 13.2 Å². The van der Waals surface area contributed by atoms with Crippen molar-refractivity contribution in [3.8, 4) is 29.2 Å². The fraction of sp³-hybridized carbons (Fsp3) is 0.235. The molecule has 11 heteroatoms. The van der Waals surface area contributed by atoms with Gasteiger partial charge in [-0.15, -0.1) is 6.42 Å². The molecule has 1 aromatic heterocycles. The average Bonchev–Trinajstić information content (AvgIpc) is 2.81. The van der Waals surface area contributed by atoms with Crippen molar-refractivity contribution < 1.29 is 31.8 Å².